The van der Waals surface area contributed by atoms with E-state index in [1.54, 1.807) is 7.11 Å². The highest BCUT2D eigenvalue weighted by molar-refractivity contribution is 9.09. The van der Waals surface area contributed by atoms with Crippen molar-refractivity contribution < 1.29 is 13.2 Å². The Kier molecular flexibility index (Phi) is 9.49. The molecule has 0 aliphatic carbocycles. The van der Waals surface area contributed by atoms with Crippen LogP contribution in [0.3, 0.4) is 0 Å². The first-order chi connectivity index (χ1) is 7.96. The second-order valence-electron chi connectivity index (χ2n) is 4.11. The lowest BCUT2D eigenvalue weighted by molar-refractivity contribution is 0.199. The fraction of sp³-hybridized carbons (Fsp3) is 1.00. The summed E-state index contributed by atoms with van der Waals surface area (Å²) in [5, 5.41) is 0. The Bertz CT molecular complexity index is 278. The van der Waals surface area contributed by atoms with Gasteiger partial charge in [0.25, 0.3) is 0 Å². The van der Waals surface area contributed by atoms with E-state index in [2.05, 4.69) is 34.5 Å². The van der Waals surface area contributed by atoms with Crippen molar-refractivity contribution in [1.82, 2.24) is 4.72 Å². The van der Waals surface area contributed by atoms with Crippen LogP contribution in [-0.4, -0.2) is 39.3 Å². The van der Waals surface area contributed by atoms with Crippen LogP contribution in [-0.2, 0) is 14.8 Å². The molecular formula is C11H24BrNO3S. The van der Waals surface area contributed by atoms with Gasteiger partial charge in [0.1, 0.15) is 0 Å². The van der Waals surface area contributed by atoms with Crippen LogP contribution in [0, 0.1) is 5.92 Å². The number of sulfonamides is 1. The van der Waals surface area contributed by atoms with Crippen molar-refractivity contribution in [3.63, 3.8) is 0 Å². The monoisotopic (exact) mass is 329 g/mol. The molecule has 0 saturated carbocycles. The maximum absolute atomic E-state index is 11.6. The first-order valence-electron chi connectivity index (χ1n) is 6.07. The molecule has 0 aromatic rings. The molecule has 0 spiro atoms. The lowest BCUT2D eigenvalue weighted by atomic mass is 10.00. The molecular weight excluding hydrogens is 306 g/mol. The molecule has 0 heterocycles. The third kappa shape index (κ3) is 8.13. The average molecular weight is 330 g/mol. The summed E-state index contributed by atoms with van der Waals surface area (Å²) in [6.07, 6.45) is 2.64. The smallest absolute Gasteiger partial charge is 0.211 e. The van der Waals surface area contributed by atoms with Gasteiger partial charge in [-0.25, -0.2) is 13.1 Å². The van der Waals surface area contributed by atoms with E-state index in [9.17, 15) is 8.42 Å². The van der Waals surface area contributed by atoms with E-state index < -0.39 is 10.0 Å². The maximum Gasteiger partial charge on any atom is 0.211 e. The predicted octanol–water partition coefficient (Wildman–Crippen LogP) is 2.14. The fourth-order valence-electron chi connectivity index (χ4n) is 1.64. The van der Waals surface area contributed by atoms with Gasteiger partial charge < -0.3 is 4.74 Å². The fourth-order valence-corrected chi connectivity index (χ4v) is 3.84. The second kappa shape index (κ2) is 9.30. The Morgan fingerprint density at radius 3 is 2.35 bits per heavy atom. The van der Waals surface area contributed by atoms with Crippen molar-refractivity contribution in [2.45, 2.75) is 37.9 Å². The number of nitrogens with one attached hydrogen (secondary N) is 1. The summed E-state index contributed by atoms with van der Waals surface area (Å²) in [4.78, 5) is 0.203. The molecule has 17 heavy (non-hydrogen) atoms. The molecule has 1 N–H and O–H groups in total. The highest BCUT2D eigenvalue weighted by Crippen LogP contribution is 2.19. The summed E-state index contributed by atoms with van der Waals surface area (Å²) in [6.45, 7) is 5.18. The van der Waals surface area contributed by atoms with Gasteiger partial charge in [0.05, 0.1) is 5.75 Å². The van der Waals surface area contributed by atoms with Crippen LogP contribution in [0.4, 0.5) is 0 Å². The molecule has 1 atom stereocenters. The summed E-state index contributed by atoms with van der Waals surface area (Å²) in [5.41, 5.74) is 0. The maximum atomic E-state index is 11.6. The minimum absolute atomic E-state index is 0.128. The van der Waals surface area contributed by atoms with E-state index in [0.717, 1.165) is 12.8 Å². The summed E-state index contributed by atoms with van der Waals surface area (Å²) in [7, 11) is -1.59. The standard InChI is InChI=1S/C11H24BrNO3S/c1-4-10(5-2)11(12)9-13-17(14,15)8-6-7-16-3/h10-11,13H,4-9H2,1-3H3. The van der Waals surface area contributed by atoms with Crippen LogP contribution in [0.5, 0.6) is 0 Å². The zero-order valence-electron chi connectivity index (χ0n) is 10.9. The van der Waals surface area contributed by atoms with Crippen LogP contribution in [0.15, 0.2) is 0 Å². The quantitative estimate of drug-likeness (QED) is 0.493. The number of hydrogen-bond donors (Lipinski definition) is 1. The minimum Gasteiger partial charge on any atom is -0.385 e. The second-order valence-corrected chi connectivity index (χ2v) is 7.21. The van der Waals surface area contributed by atoms with E-state index in [0.29, 0.717) is 25.5 Å². The van der Waals surface area contributed by atoms with Crippen molar-refractivity contribution in [2.75, 3.05) is 26.0 Å². The molecule has 4 nitrogen and oxygen atoms in total. The lowest BCUT2D eigenvalue weighted by Gasteiger charge is -2.19. The number of ether oxygens (including phenoxy) is 1. The number of methoxy groups -OCH3 is 1. The molecule has 0 aliphatic rings. The van der Waals surface area contributed by atoms with Crippen LogP contribution in [0.1, 0.15) is 33.1 Å². The number of hydrogen-bond acceptors (Lipinski definition) is 3. The zero-order chi connectivity index (χ0) is 13.3. The Morgan fingerprint density at radius 1 is 1.29 bits per heavy atom. The largest absolute Gasteiger partial charge is 0.385 e. The summed E-state index contributed by atoms with van der Waals surface area (Å²) < 4.78 is 30.7. The predicted molar refractivity (Wildman–Crippen MR) is 75.1 cm³/mol. The van der Waals surface area contributed by atoms with Crippen molar-refractivity contribution in [1.29, 1.82) is 0 Å². The van der Waals surface area contributed by atoms with Crippen LogP contribution < -0.4 is 4.72 Å². The van der Waals surface area contributed by atoms with Gasteiger partial charge in [-0.1, -0.05) is 42.6 Å². The van der Waals surface area contributed by atoms with Crippen LogP contribution >= 0.6 is 15.9 Å². The Morgan fingerprint density at radius 2 is 1.88 bits per heavy atom. The molecule has 0 aromatic carbocycles. The van der Waals surface area contributed by atoms with Crippen LogP contribution in [0.25, 0.3) is 0 Å². The molecule has 0 aromatic heterocycles. The van der Waals surface area contributed by atoms with Crippen molar-refractivity contribution in [3.8, 4) is 0 Å². The highest BCUT2D eigenvalue weighted by atomic mass is 79.9. The first kappa shape index (κ1) is 17.4. The molecule has 0 amide bonds. The minimum atomic E-state index is -3.16. The SMILES string of the molecule is CCC(CC)C(Br)CNS(=O)(=O)CCCOC. The molecule has 0 saturated heterocycles. The topological polar surface area (TPSA) is 55.4 Å². The third-order valence-electron chi connectivity index (χ3n) is 2.82. The third-order valence-corrected chi connectivity index (χ3v) is 5.32. The molecule has 0 aliphatic heterocycles. The summed E-state index contributed by atoms with van der Waals surface area (Å²) in [5.74, 6) is 0.639. The molecule has 1 unspecified atom stereocenters. The number of alkyl halides is 1. The first-order valence-corrected chi connectivity index (χ1v) is 8.64. The van der Waals surface area contributed by atoms with Crippen LogP contribution in [0.2, 0.25) is 0 Å². The van der Waals surface area contributed by atoms with Gasteiger partial charge >= 0.3 is 0 Å². The number of halogens is 1. The molecule has 0 rings (SSSR count). The van der Waals surface area contributed by atoms with Gasteiger partial charge in [-0.3, -0.25) is 0 Å². The van der Waals surface area contributed by atoms with Crippen molar-refractivity contribution in [2.24, 2.45) is 5.92 Å². The number of rotatable bonds is 10. The van der Waals surface area contributed by atoms with E-state index in [1.807, 2.05) is 0 Å². The molecule has 6 heteroatoms. The Labute approximate surface area is 114 Å². The van der Waals surface area contributed by atoms with E-state index >= 15 is 0 Å². The van der Waals surface area contributed by atoms with Crippen molar-refractivity contribution >= 4 is 26.0 Å². The molecule has 0 fully saturated rings. The van der Waals surface area contributed by atoms with Gasteiger partial charge in [0.2, 0.25) is 10.0 Å². The molecule has 104 valence electrons. The van der Waals surface area contributed by atoms with Gasteiger partial charge in [0.15, 0.2) is 0 Å². The van der Waals surface area contributed by atoms with Gasteiger partial charge in [0, 0.05) is 25.1 Å². The lowest BCUT2D eigenvalue weighted by Crippen LogP contribution is -2.34. The van der Waals surface area contributed by atoms with Gasteiger partial charge in [-0.05, 0) is 12.3 Å². The van der Waals surface area contributed by atoms with Gasteiger partial charge in [-0.2, -0.15) is 0 Å². The summed E-state index contributed by atoms with van der Waals surface area (Å²) in [6, 6.07) is 0. The van der Waals surface area contributed by atoms with E-state index in [4.69, 9.17) is 4.74 Å². The Hall–Kier alpha value is 0.350. The van der Waals surface area contributed by atoms with Gasteiger partial charge in [-0.15, -0.1) is 0 Å². The van der Waals surface area contributed by atoms with E-state index in [1.165, 1.54) is 0 Å². The van der Waals surface area contributed by atoms with Crippen molar-refractivity contribution in [3.05, 3.63) is 0 Å². The molecule has 0 bridgehead atoms. The van der Waals surface area contributed by atoms with E-state index in [-0.39, 0.29) is 10.6 Å². The Balaban J connectivity index is 4.00. The molecule has 0 radical (unpaired) electrons. The average Bonchev–Trinajstić information content (AvgIpc) is 2.28. The zero-order valence-corrected chi connectivity index (χ0v) is 13.3. The summed E-state index contributed by atoms with van der Waals surface area (Å²) >= 11 is 3.55. The highest BCUT2D eigenvalue weighted by Gasteiger charge is 2.18. The normalized spacial score (nSPS) is 14.2.